The zero-order valence-electron chi connectivity index (χ0n) is 9.54. The van der Waals surface area contributed by atoms with Crippen molar-refractivity contribution < 1.29 is 22.0 Å². The zero-order chi connectivity index (χ0) is 13.8. The maximum absolute atomic E-state index is 12.9. The molecule has 2 N–H and O–H groups in total. The molecule has 8 heteroatoms. The van der Waals surface area contributed by atoms with Crippen molar-refractivity contribution in [1.82, 2.24) is 10.0 Å². The lowest BCUT2D eigenvalue weighted by molar-refractivity contribution is -0.118. The van der Waals surface area contributed by atoms with Crippen molar-refractivity contribution in [2.24, 2.45) is 0 Å². The molecule has 0 fully saturated rings. The number of benzene rings is 1. The third-order valence-corrected chi connectivity index (χ3v) is 3.45. The number of sulfonamides is 1. The summed E-state index contributed by atoms with van der Waals surface area (Å²) in [7, 11) is -3.91. The Balaban J connectivity index is 2.68. The minimum Gasteiger partial charge on any atom is -0.355 e. The molecule has 0 saturated heterocycles. The van der Waals surface area contributed by atoms with Crippen molar-refractivity contribution in [1.29, 1.82) is 0 Å². The summed E-state index contributed by atoms with van der Waals surface area (Å²) in [6.45, 7) is 1.36. The molecule has 0 heterocycles. The van der Waals surface area contributed by atoms with Gasteiger partial charge in [-0.05, 0) is 18.2 Å². The van der Waals surface area contributed by atoms with Crippen LogP contribution in [0.4, 0.5) is 8.78 Å². The van der Waals surface area contributed by atoms with Gasteiger partial charge in [-0.15, -0.1) is 0 Å². The van der Waals surface area contributed by atoms with Crippen molar-refractivity contribution in [3.05, 3.63) is 29.8 Å². The van der Waals surface area contributed by atoms with Gasteiger partial charge in [-0.1, -0.05) is 0 Å². The number of hydrogen-bond donors (Lipinski definition) is 2. The Kier molecular flexibility index (Phi) is 4.74. The minimum atomic E-state index is -3.91. The Morgan fingerprint density at radius 3 is 2.44 bits per heavy atom. The summed E-state index contributed by atoms with van der Waals surface area (Å²) in [5, 5.41) is 2.39. The van der Waals surface area contributed by atoms with Gasteiger partial charge in [0, 0.05) is 20.0 Å². The quantitative estimate of drug-likeness (QED) is 0.765. The first kappa shape index (κ1) is 14.5. The number of rotatable bonds is 5. The Bertz CT molecular complexity index is 546. The molecule has 0 spiro atoms. The SMILES string of the molecule is CC(=O)NCCNS(=O)(=O)c1ccc(F)c(F)c1. The van der Waals surface area contributed by atoms with Gasteiger partial charge < -0.3 is 5.32 Å². The summed E-state index contributed by atoms with van der Waals surface area (Å²) in [5.74, 6) is -2.64. The Morgan fingerprint density at radius 2 is 1.89 bits per heavy atom. The van der Waals surface area contributed by atoms with Crippen LogP contribution >= 0.6 is 0 Å². The lowest BCUT2D eigenvalue weighted by atomic mass is 10.3. The largest absolute Gasteiger partial charge is 0.355 e. The Hall–Kier alpha value is -1.54. The summed E-state index contributed by atoms with van der Waals surface area (Å²) in [5.41, 5.74) is 0. The third-order valence-electron chi connectivity index (χ3n) is 1.99. The van der Waals surface area contributed by atoms with E-state index in [0.29, 0.717) is 6.07 Å². The van der Waals surface area contributed by atoms with Crippen molar-refractivity contribution in [3.8, 4) is 0 Å². The van der Waals surface area contributed by atoms with Gasteiger partial charge in [0.1, 0.15) is 0 Å². The molecule has 0 bridgehead atoms. The molecule has 18 heavy (non-hydrogen) atoms. The molecule has 1 rings (SSSR count). The highest BCUT2D eigenvalue weighted by Gasteiger charge is 2.15. The van der Waals surface area contributed by atoms with E-state index in [-0.39, 0.29) is 23.9 Å². The van der Waals surface area contributed by atoms with Crippen molar-refractivity contribution in [3.63, 3.8) is 0 Å². The van der Waals surface area contributed by atoms with Crippen LogP contribution in [0, 0.1) is 11.6 Å². The van der Waals surface area contributed by atoms with Gasteiger partial charge in [-0.2, -0.15) is 0 Å². The number of carbonyl (C=O) groups is 1. The summed E-state index contributed by atoms with van der Waals surface area (Å²) in [6, 6.07) is 2.28. The van der Waals surface area contributed by atoms with Crippen LogP contribution in [0.2, 0.25) is 0 Å². The standard InChI is InChI=1S/C10H12F2N2O3S/c1-7(15)13-4-5-14-18(16,17)8-2-3-9(11)10(12)6-8/h2-3,6,14H,4-5H2,1H3,(H,13,15). The first-order valence-corrected chi connectivity index (χ1v) is 6.50. The fraction of sp³-hybridized carbons (Fsp3) is 0.300. The first-order chi connectivity index (χ1) is 8.33. The topological polar surface area (TPSA) is 75.3 Å². The molecular weight excluding hydrogens is 266 g/mol. The summed E-state index contributed by atoms with van der Waals surface area (Å²) < 4.78 is 50.9. The maximum atomic E-state index is 12.9. The second kappa shape index (κ2) is 5.87. The van der Waals surface area contributed by atoms with Crippen molar-refractivity contribution >= 4 is 15.9 Å². The van der Waals surface area contributed by atoms with Gasteiger partial charge in [-0.3, -0.25) is 4.79 Å². The van der Waals surface area contributed by atoms with E-state index in [1.807, 2.05) is 0 Å². The van der Waals surface area contributed by atoms with E-state index >= 15 is 0 Å². The third kappa shape index (κ3) is 4.04. The highest BCUT2D eigenvalue weighted by atomic mass is 32.2. The van der Waals surface area contributed by atoms with Gasteiger partial charge in [0.15, 0.2) is 11.6 Å². The fourth-order valence-electron chi connectivity index (χ4n) is 1.15. The fourth-order valence-corrected chi connectivity index (χ4v) is 2.19. The lowest BCUT2D eigenvalue weighted by Gasteiger charge is -2.07. The molecule has 0 aliphatic rings. The molecule has 0 saturated carbocycles. The predicted molar refractivity (Wildman–Crippen MR) is 60.2 cm³/mol. The molecule has 0 aromatic heterocycles. The van der Waals surface area contributed by atoms with Gasteiger partial charge in [0.05, 0.1) is 4.90 Å². The van der Waals surface area contributed by atoms with Crippen LogP contribution in [0.1, 0.15) is 6.92 Å². The lowest BCUT2D eigenvalue weighted by Crippen LogP contribution is -2.33. The molecule has 1 amide bonds. The number of halogens is 2. The molecule has 0 unspecified atom stereocenters. The molecule has 0 radical (unpaired) electrons. The van der Waals surface area contributed by atoms with E-state index < -0.39 is 21.7 Å². The average molecular weight is 278 g/mol. The summed E-state index contributed by atoms with van der Waals surface area (Å²) in [6.07, 6.45) is 0. The van der Waals surface area contributed by atoms with Crippen LogP contribution in [-0.2, 0) is 14.8 Å². The molecule has 1 aromatic rings. The molecular formula is C10H12F2N2O3S. The van der Waals surface area contributed by atoms with Crippen LogP contribution in [0.15, 0.2) is 23.1 Å². The van der Waals surface area contributed by atoms with E-state index in [1.165, 1.54) is 6.92 Å². The van der Waals surface area contributed by atoms with Crippen molar-refractivity contribution in [2.75, 3.05) is 13.1 Å². The second-order valence-corrected chi connectivity index (χ2v) is 5.22. The number of hydrogen-bond acceptors (Lipinski definition) is 3. The van der Waals surface area contributed by atoms with Gasteiger partial charge in [-0.25, -0.2) is 21.9 Å². The number of carbonyl (C=O) groups excluding carboxylic acids is 1. The van der Waals surface area contributed by atoms with Crippen LogP contribution in [0.25, 0.3) is 0 Å². The van der Waals surface area contributed by atoms with Crippen LogP contribution in [0.3, 0.4) is 0 Å². The van der Waals surface area contributed by atoms with E-state index in [2.05, 4.69) is 10.0 Å². The Labute approximate surface area is 103 Å². The molecule has 0 aliphatic heterocycles. The maximum Gasteiger partial charge on any atom is 0.240 e. The monoisotopic (exact) mass is 278 g/mol. The molecule has 0 aliphatic carbocycles. The van der Waals surface area contributed by atoms with E-state index in [1.54, 1.807) is 0 Å². The first-order valence-electron chi connectivity index (χ1n) is 5.02. The van der Waals surface area contributed by atoms with Gasteiger partial charge >= 0.3 is 0 Å². The zero-order valence-corrected chi connectivity index (χ0v) is 10.4. The molecule has 100 valence electrons. The minimum absolute atomic E-state index is 0.0408. The van der Waals surface area contributed by atoms with Crippen LogP contribution in [0.5, 0.6) is 0 Å². The van der Waals surface area contributed by atoms with E-state index in [9.17, 15) is 22.0 Å². The highest BCUT2D eigenvalue weighted by Crippen LogP contribution is 2.13. The van der Waals surface area contributed by atoms with E-state index in [0.717, 1.165) is 12.1 Å². The average Bonchev–Trinajstić information content (AvgIpc) is 2.28. The second-order valence-electron chi connectivity index (χ2n) is 3.46. The van der Waals surface area contributed by atoms with Crippen LogP contribution in [-0.4, -0.2) is 27.4 Å². The smallest absolute Gasteiger partial charge is 0.240 e. The molecule has 0 atom stereocenters. The number of amides is 1. The highest BCUT2D eigenvalue weighted by molar-refractivity contribution is 7.89. The van der Waals surface area contributed by atoms with Crippen LogP contribution < -0.4 is 10.0 Å². The molecule has 1 aromatic carbocycles. The van der Waals surface area contributed by atoms with Gasteiger partial charge in [0.2, 0.25) is 15.9 Å². The normalized spacial score (nSPS) is 11.3. The van der Waals surface area contributed by atoms with Gasteiger partial charge in [0.25, 0.3) is 0 Å². The summed E-state index contributed by atoms with van der Waals surface area (Å²) in [4.78, 5) is 10.2. The number of nitrogens with one attached hydrogen (secondary N) is 2. The van der Waals surface area contributed by atoms with E-state index in [4.69, 9.17) is 0 Å². The molecule has 5 nitrogen and oxygen atoms in total. The predicted octanol–water partition coefficient (Wildman–Crippen LogP) is 0.379. The summed E-state index contributed by atoms with van der Waals surface area (Å²) >= 11 is 0. The van der Waals surface area contributed by atoms with Crippen molar-refractivity contribution in [2.45, 2.75) is 11.8 Å². The Morgan fingerprint density at radius 1 is 1.22 bits per heavy atom.